The quantitative estimate of drug-likeness (QED) is 0.121. The molecule has 35 heavy (non-hydrogen) atoms. The Morgan fingerprint density at radius 3 is 2.20 bits per heavy atom. The molecule has 1 atom stereocenters. The Morgan fingerprint density at radius 1 is 0.971 bits per heavy atom. The van der Waals surface area contributed by atoms with Crippen LogP contribution in [0.2, 0.25) is 0 Å². The highest BCUT2D eigenvalue weighted by atomic mass is 16.5. The molecule has 0 aliphatic rings. The molecule has 0 fully saturated rings. The number of ether oxygens (including phenoxy) is 2. The lowest BCUT2D eigenvalue weighted by atomic mass is 9.77. The Balaban J connectivity index is 3.27. The van der Waals surface area contributed by atoms with Gasteiger partial charge in [-0.15, -0.1) is 0 Å². The summed E-state index contributed by atoms with van der Waals surface area (Å²) >= 11 is 0. The van der Waals surface area contributed by atoms with Crippen LogP contribution < -0.4 is 4.74 Å². The molecule has 0 aliphatic carbocycles. The van der Waals surface area contributed by atoms with Gasteiger partial charge in [-0.25, -0.2) is 4.79 Å². The zero-order valence-corrected chi connectivity index (χ0v) is 24.3. The fourth-order valence-electron chi connectivity index (χ4n) is 4.05. The van der Waals surface area contributed by atoms with Crippen molar-refractivity contribution in [2.24, 2.45) is 0 Å². The molecule has 1 aromatic carbocycles. The predicted octanol–water partition coefficient (Wildman–Crippen LogP) is 9.19. The van der Waals surface area contributed by atoms with Crippen LogP contribution in [0.3, 0.4) is 0 Å². The number of carbonyl (C=O) groups is 1. The monoisotopic (exact) mass is 484 g/mol. The lowest BCUT2D eigenvalue weighted by Gasteiger charge is -2.31. The number of allylic oxidation sites excluding steroid dienone is 3. The third kappa shape index (κ3) is 11.1. The largest absolute Gasteiger partial charge is 0.493 e. The third-order valence-corrected chi connectivity index (χ3v) is 6.32. The fourth-order valence-corrected chi connectivity index (χ4v) is 4.05. The van der Waals surface area contributed by atoms with Crippen molar-refractivity contribution in [3.05, 3.63) is 52.6 Å². The summed E-state index contributed by atoms with van der Waals surface area (Å²) in [5.74, 6) is 1.07. The van der Waals surface area contributed by atoms with Crippen LogP contribution in [0.1, 0.15) is 130 Å². The Labute approximate surface area is 216 Å². The molecule has 0 aliphatic heterocycles. The van der Waals surface area contributed by atoms with E-state index in [1.54, 1.807) is 6.08 Å². The maximum atomic E-state index is 11.7. The summed E-state index contributed by atoms with van der Waals surface area (Å²) < 4.78 is 11.6. The molecule has 0 radical (unpaired) electrons. The first kappa shape index (κ1) is 31.0. The summed E-state index contributed by atoms with van der Waals surface area (Å²) in [6.07, 6.45) is 12.7. The maximum absolute atomic E-state index is 11.7. The van der Waals surface area contributed by atoms with E-state index in [1.165, 1.54) is 42.4 Å². The molecule has 0 N–H and O–H groups in total. The van der Waals surface area contributed by atoms with Gasteiger partial charge in [0.2, 0.25) is 0 Å². The van der Waals surface area contributed by atoms with Gasteiger partial charge in [0.15, 0.2) is 0 Å². The van der Waals surface area contributed by atoms with Gasteiger partial charge in [-0.1, -0.05) is 105 Å². The normalized spacial score (nSPS) is 13.8. The molecule has 0 amide bonds. The highest BCUT2D eigenvalue weighted by Gasteiger charge is 2.27. The SMILES string of the molecule is CCCCCCCOc1c(C(C)CC=CC(C)=CC(=O)OCC)cc(C(C)(C)C)cc1C(C)(C)C. The van der Waals surface area contributed by atoms with E-state index in [4.69, 9.17) is 9.47 Å². The van der Waals surface area contributed by atoms with Gasteiger partial charge in [0.05, 0.1) is 13.2 Å². The molecule has 0 saturated carbocycles. The van der Waals surface area contributed by atoms with Gasteiger partial charge in [-0.3, -0.25) is 0 Å². The number of esters is 1. The second-order valence-corrected chi connectivity index (χ2v) is 11.9. The average Bonchev–Trinajstić information content (AvgIpc) is 2.74. The van der Waals surface area contributed by atoms with Crippen LogP contribution in [-0.2, 0) is 20.4 Å². The Bertz CT molecular complexity index is 847. The van der Waals surface area contributed by atoms with Gasteiger partial charge < -0.3 is 9.47 Å². The highest BCUT2D eigenvalue weighted by Crippen LogP contribution is 2.42. The molecule has 0 spiro atoms. The first-order valence-corrected chi connectivity index (χ1v) is 13.6. The molecule has 3 heteroatoms. The summed E-state index contributed by atoms with van der Waals surface area (Å²) in [5, 5.41) is 0. The van der Waals surface area contributed by atoms with Gasteiger partial charge in [0.25, 0.3) is 0 Å². The van der Waals surface area contributed by atoms with Crippen molar-refractivity contribution in [3.63, 3.8) is 0 Å². The maximum Gasteiger partial charge on any atom is 0.330 e. The minimum absolute atomic E-state index is 0.0118. The van der Waals surface area contributed by atoms with Crippen molar-refractivity contribution >= 4 is 5.97 Å². The Morgan fingerprint density at radius 2 is 1.63 bits per heavy atom. The first-order valence-electron chi connectivity index (χ1n) is 13.6. The van der Waals surface area contributed by atoms with E-state index in [0.717, 1.165) is 30.8 Å². The number of carbonyl (C=O) groups excluding carboxylic acids is 1. The number of benzene rings is 1. The predicted molar refractivity (Wildman–Crippen MR) is 151 cm³/mol. The minimum atomic E-state index is -0.287. The molecule has 0 heterocycles. The lowest BCUT2D eigenvalue weighted by Crippen LogP contribution is -2.20. The van der Waals surface area contributed by atoms with Gasteiger partial charge in [0.1, 0.15) is 5.75 Å². The molecular weight excluding hydrogens is 432 g/mol. The van der Waals surface area contributed by atoms with Gasteiger partial charge in [0, 0.05) is 11.6 Å². The minimum Gasteiger partial charge on any atom is -0.493 e. The van der Waals surface area contributed by atoms with Crippen LogP contribution in [0, 0.1) is 0 Å². The number of unbranched alkanes of at least 4 members (excludes halogenated alkanes) is 4. The summed E-state index contributed by atoms with van der Waals surface area (Å²) in [6, 6.07) is 4.73. The molecule has 198 valence electrons. The van der Waals surface area contributed by atoms with E-state index < -0.39 is 0 Å². The number of rotatable bonds is 13. The zero-order chi connectivity index (χ0) is 26.6. The highest BCUT2D eigenvalue weighted by molar-refractivity contribution is 5.83. The number of hydrogen-bond acceptors (Lipinski definition) is 3. The molecular formula is C32H52O3. The molecule has 3 nitrogen and oxygen atoms in total. The van der Waals surface area contributed by atoms with E-state index >= 15 is 0 Å². The van der Waals surface area contributed by atoms with Crippen LogP contribution in [0.4, 0.5) is 0 Å². The molecule has 1 rings (SSSR count). The van der Waals surface area contributed by atoms with Crippen LogP contribution in [-0.4, -0.2) is 19.2 Å². The van der Waals surface area contributed by atoms with Gasteiger partial charge >= 0.3 is 5.97 Å². The first-order chi connectivity index (χ1) is 16.3. The van der Waals surface area contributed by atoms with Crippen LogP contribution >= 0.6 is 0 Å². The van der Waals surface area contributed by atoms with E-state index in [-0.39, 0.29) is 16.8 Å². The Hall–Kier alpha value is -2.03. The summed E-state index contributed by atoms with van der Waals surface area (Å²) in [6.45, 7) is 23.1. The van der Waals surface area contributed by atoms with Crippen molar-refractivity contribution in [1.82, 2.24) is 0 Å². The van der Waals surface area contributed by atoms with E-state index in [2.05, 4.69) is 73.6 Å². The second-order valence-electron chi connectivity index (χ2n) is 11.9. The molecule has 1 unspecified atom stereocenters. The van der Waals surface area contributed by atoms with E-state index in [9.17, 15) is 4.79 Å². The van der Waals surface area contributed by atoms with Crippen LogP contribution in [0.15, 0.2) is 35.9 Å². The van der Waals surface area contributed by atoms with Crippen LogP contribution in [0.25, 0.3) is 0 Å². The van der Waals surface area contributed by atoms with Gasteiger partial charge in [-0.2, -0.15) is 0 Å². The molecule has 0 bridgehead atoms. The van der Waals surface area contributed by atoms with Crippen molar-refractivity contribution in [2.45, 2.75) is 125 Å². The molecule has 0 aromatic heterocycles. The molecule has 1 aromatic rings. The summed E-state index contributed by atoms with van der Waals surface area (Å²) in [5.41, 5.74) is 4.87. The van der Waals surface area contributed by atoms with E-state index in [0.29, 0.717) is 12.5 Å². The third-order valence-electron chi connectivity index (χ3n) is 6.32. The lowest BCUT2D eigenvalue weighted by molar-refractivity contribution is -0.137. The fraction of sp³-hybridized carbons (Fsp3) is 0.656. The van der Waals surface area contributed by atoms with Crippen molar-refractivity contribution in [3.8, 4) is 5.75 Å². The summed E-state index contributed by atoms with van der Waals surface area (Å²) in [4.78, 5) is 11.7. The zero-order valence-electron chi connectivity index (χ0n) is 24.3. The average molecular weight is 485 g/mol. The smallest absolute Gasteiger partial charge is 0.330 e. The second kappa shape index (κ2) is 14.5. The van der Waals surface area contributed by atoms with E-state index in [1.807, 2.05) is 19.9 Å². The Kier molecular flexibility index (Phi) is 12.9. The standard InChI is InChI=1S/C32H52O3/c1-11-13-14-15-16-20-35-30-27(22-26(31(5,6)7)23-28(30)32(8,9)10)25(4)19-17-18-24(3)21-29(33)34-12-2/h17-18,21-23,25H,11-16,19-20H2,1-10H3. The summed E-state index contributed by atoms with van der Waals surface area (Å²) in [7, 11) is 0. The molecule has 0 saturated heterocycles. The topological polar surface area (TPSA) is 35.5 Å². The number of hydrogen-bond donors (Lipinski definition) is 0. The van der Waals surface area contributed by atoms with Crippen LogP contribution in [0.5, 0.6) is 5.75 Å². The van der Waals surface area contributed by atoms with Crippen molar-refractivity contribution in [2.75, 3.05) is 13.2 Å². The van der Waals surface area contributed by atoms with Crippen molar-refractivity contribution in [1.29, 1.82) is 0 Å². The van der Waals surface area contributed by atoms with Crippen molar-refractivity contribution < 1.29 is 14.3 Å². The van der Waals surface area contributed by atoms with Gasteiger partial charge in [-0.05, 0) is 60.1 Å².